The van der Waals surface area contributed by atoms with Crippen LogP contribution in [0, 0.1) is 6.92 Å². The Morgan fingerprint density at radius 1 is 1.00 bits per heavy atom. The Morgan fingerprint density at radius 2 is 1.31 bits per heavy atom. The van der Waals surface area contributed by atoms with E-state index in [1.54, 1.807) is 0 Å². The quantitative estimate of drug-likeness (QED) is 0.425. The van der Waals surface area contributed by atoms with Crippen molar-refractivity contribution in [1.82, 2.24) is 0 Å². The predicted octanol–water partition coefficient (Wildman–Crippen LogP) is -1.28. The molecule has 0 radical (unpaired) electrons. The predicted molar refractivity (Wildman–Crippen MR) is 51.9 cm³/mol. The van der Waals surface area contributed by atoms with Crippen LogP contribution in [0.5, 0.6) is 0 Å². The second-order valence-electron chi connectivity index (χ2n) is 1.85. The van der Waals surface area contributed by atoms with Gasteiger partial charge in [-0.3, -0.25) is 0 Å². The summed E-state index contributed by atoms with van der Waals surface area (Å²) in [6.45, 7) is 6.78. The van der Waals surface area contributed by atoms with Crippen LogP contribution in [0.15, 0.2) is 36.4 Å². The van der Waals surface area contributed by atoms with Gasteiger partial charge < -0.3 is 17.1 Å². The van der Waals surface area contributed by atoms with E-state index in [2.05, 4.69) is 6.92 Å². The Morgan fingerprint density at radius 3 is 1.38 bits per heavy atom. The van der Waals surface area contributed by atoms with Gasteiger partial charge in [-0.25, -0.2) is 0 Å². The number of ether oxygens (including phenoxy) is 1. The number of hydrogen-bond acceptors (Lipinski definition) is 1. The summed E-state index contributed by atoms with van der Waals surface area (Å²) in [4.78, 5) is 0. The van der Waals surface area contributed by atoms with Gasteiger partial charge in [-0.05, 0) is 6.92 Å². The van der Waals surface area contributed by atoms with Crippen LogP contribution < -0.4 is 29.6 Å². The molecule has 0 bridgehead atoms. The second kappa shape index (κ2) is 18.0. The van der Waals surface area contributed by atoms with Gasteiger partial charge in [0.1, 0.15) is 0 Å². The zero-order valence-electron chi connectivity index (χ0n) is 8.49. The van der Waals surface area contributed by atoms with Crippen LogP contribution in [0.25, 0.3) is 0 Å². The van der Waals surface area contributed by atoms with Crippen LogP contribution in [0.1, 0.15) is 6.92 Å². The van der Waals surface area contributed by atoms with E-state index in [1.807, 2.05) is 43.3 Å². The molecule has 0 aliphatic rings. The fourth-order valence-corrected chi connectivity index (χ4v) is 0.529. The summed E-state index contributed by atoms with van der Waals surface area (Å²) in [6, 6.07) is 12.0. The molecule has 0 amide bonds. The molecule has 3 heteroatoms. The molecule has 1 aromatic carbocycles. The smallest absolute Gasteiger partial charge is 0.414 e. The van der Waals surface area contributed by atoms with Gasteiger partial charge in [0.2, 0.25) is 0 Å². The van der Waals surface area contributed by atoms with E-state index in [4.69, 9.17) is 4.74 Å². The first-order valence-corrected chi connectivity index (χ1v) is 3.78. The third-order valence-electron chi connectivity index (χ3n) is 1.02. The van der Waals surface area contributed by atoms with Crippen LogP contribution in [-0.4, -0.2) is 18.7 Å². The number of rotatable bonds is 2. The van der Waals surface area contributed by atoms with E-state index < -0.39 is 0 Å². The van der Waals surface area contributed by atoms with Crippen molar-refractivity contribution in [2.75, 3.05) is 13.2 Å². The Labute approximate surface area is 103 Å². The summed E-state index contributed by atoms with van der Waals surface area (Å²) in [6.07, 6.45) is 0. The van der Waals surface area contributed by atoms with Gasteiger partial charge in [0.15, 0.2) is 0 Å². The SMILES string of the molecule is O.[CH2-]COCC.[Na+].c1ccccc1. The van der Waals surface area contributed by atoms with E-state index in [0.29, 0.717) is 6.61 Å². The van der Waals surface area contributed by atoms with Gasteiger partial charge in [0.05, 0.1) is 0 Å². The maximum Gasteiger partial charge on any atom is 1.00 e. The van der Waals surface area contributed by atoms with E-state index in [1.165, 1.54) is 0 Å². The maximum absolute atomic E-state index is 4.72. The van der Waals surface area contributed by atoms with Crippen LogP contribution in [0.4, 0.5) is 0 Å². The van der Waals surface area contributed by atoms with Crippen molar-refractivity contribution >= 4 is 0 Å². The summed E-state index contributed by atoms with van der Waals surface area (Å²) < 4.78 is 4.72. The molecule has 0 spiro atoms. The molecule has 13 heavy (non-hydrogen) atoms. The van der Waals surface area contributed by atoms with Crippen molar-refractivity contribution in [3.63, 3.8) is 0 Å². The molecule has 1 aromatic rings. The Kier molecular flexibility index (Phi) is 26.1. The molecule has 0 aliphatic heterocycles. The zero-order chi connectivity index (χ0) is 8.36. The van der Waals surface area contributed by atoms with Gasteiger partial charge in [-0.2, -0.15) is 0 Å². The van der Waals surface area contributed by atoms with Crippen molar-refractivity contribution in [3.8, 4) is 0 Å². The molecule has 0 aromatic heterocycles. The van der Waals surface area contributed by atoms with E-state index in [0.717, 1.165) is 6.61 Å². The molecular formula is C10H17NaO2. The van der Waals surface area contributed by atoms with Crippen molar-refractivity contribution < 1.29 is 39.8 Å². The van der Waals surface area contributed by atoms with Crippen LogP contribution >= 0.6 is 0 Å². The van der Waals surface area contributed by atoms with Crippen molar-refractivity contribution in [1.29, 1.82) is 0 Å². The summed E-state index contributed by atoms with van der Waals surface area (Å²) >= 11 is 0. The fourth-order valence-electron chi connectivity index (χ4n) is 0.529. The minimum Gasteiger partial charge on any atom is -0.414 e. The average Bonchev–Trinajstić information content (AvgIpc) is 2.10. The Balaban J connectivity index is -0.000000136. The van der Waals surface area contributed by atoms with Crippen molar-refractivity contribution in [3.05, 3.63) is 43.3 Å². The van der Waals surface area contributed by atoms with Gasteiger partial charge >= 0.3 is 29.6 Å². The number of hydrogen-bond donors (Lipinski definition) is 0. The number of benzene rings is 1. The fraction of sp³-hybridized carbons (Fsp3) is 0.300. The summed E-state index contributed by atoms with van der Waals surface area (Å²) in [5, 5.41) is 0. The third kappa shape index (κ3) is 18.8. The van der Waals surface area contributed by atoms with Crippen molar-refractivity contribution in [2.45, 2.75) is 6.92 Å². The van der Waals surface area contributed by atoms with Crippen LogP contribution in [0.2, 0.25) is 0 Å². The standard InChI is InChI=1S/C6H6.C4H9O.Na.H2O/c1-2-4-6-5-3-1;1-3-5-4-2;;/h1-6H;1,3-4H2,2H3;;1H2/q;-1;+1;. The molecule has 0 fully saturated rings. The first-order valence-electron chi connectivity index (χ1n) is 3.78. The molecule has 2 nitrogen and oxygen atoms in total. The summed E-state index contributed by atoms with van der Waals surface area (Å²) in [7, 11) is 0. The molecule has 0 unspecified atom stereocenters. The van der Waals surface area contributed by atoms with Gasteiger partial charge in [-0.15, -0.1) is 0 Å². The molecule has 1 rings (SSSR count). The normalized spacial score (nSPS) is 6.92. The van der Waals surface area contributed by atoms with Crippen LogP contribution in [-0.2, 0) is 4.74 Å². The van der Waals surface area contributed by atoms with E-state index in [-0.39, 0.29) is 35.0 Å². The average molecular weight is 192 g/mol. The van der Waals surface area contributed by atoms with Gasteiger partial charge in [0.25, 0.3) is 0 Å². The molecular weight excluding hydrogens is 175 g/mol. The molecule has 0 saturated carbocycles. The minimum atomic E-state index is 0. The molecule has 0 saturated heterocycles. The Hall–Kier alpha value is 0.140. The first-order chi connectivity index (χ1) is 5.41. The van der Waals surface area contributed by atoms with Crippen LogP contribution in [0.3, 0.4) is 0 Å². The molecule has 70 valence electrons. The summed E-state index contributed by atoms with van der Waals surface area (Å²) in [5.74, 6) is 0. The van der Waals surface area contributed by atoms with Crippen molar-refractivity contribution in [2.24, 2.45) is 0 Å². The van der Waals surface area contributed by atoms with Gasteiger partial charge in [0, 0.05) is 6.61 Å². The zero-order valence-corrected chi connectivity index (χ0v) is 10.5. The monoisotopic (exact) mass is 192 g/mol. The molecule has 0 heterocycles. The maximum atomic E-state index is 4.72. The third-order valence-corrected chi connectivity index (χ3v) is 1.02. The summed E-state index contributed by atoms with van der Waals surface area (Å²) in [5.41, 5.74) is 0. The second-order valence-corrected chi connectivity index (χ2v) is 1.85. The largest absolute Gasteiger partial charge is 1.00 e. The first kappa shape index (κ1) is 18.8. The Bertz CT molecular complexity index is 116. The molecule has 2 N–H and O–H groups in total. The van der Waals surface area contributed by atoms with E-state index in [9.17, 15) is 0 Å². The molecule has 0 aliphatic carbocycles. The van der Waals surface area contributed by atoms with E-state index >= 15 is 0 Å². The topological polar surface area (TPSA) is 40.7 Å². The molecule has 0 atom stereocenters. The minimum absolute atomic E-state index is 0. The van der Waals surface area contributed by atoms with Gasteiger partial charge in [-0.1, -0.05) is 43.0 Å².